The summed E-state index contributed by atoms with van der Waals surface area (Å²) in [6, 6.07) is 50.0. The van der Waals surface area contributed by atoms with E-state index < -0.39 is 20.2 Å². The van der Waals surface area contributed by atoms with E-state index in [0.29, 0.717) is 93.7 Å². The second-order valence-electron chi connectivity index (χ2n) is 25.2. The van der Waals surface area contributed by atoms with Crippen LogP contribution in [0.1, 0.15) is 34.4 Å². The standard InChI is InChI=1S/C20H13N5O.C13H8ClN3.C13H9N3O.C10H11ClN2O2.C8H5ClN2O.C7H7BN2O3.C5H6BNO2.C5H4BrClN2.C5H8O2.2CH4/c21-20-25-18-8-12(3-6-19(18)26-20)15-4-5-16-17(24-15)9-14(11-23-16)13-2-1-7-22-10-13;14-13-4-3-11-12(17-13)6-10(8-16-11)9-2-1-5-15-7-9;17-13-4-3-11-12(16-13)6-10(8-15-11)9-2-1-5-14-7-9;1-2-15-10(14)4-3-9-8(12)5-7(11)6-13-9;9-5-3-7-6(10-4-5)1-2-8(12)11-7;9-7-10-5-3-4(8(11)12)1-2-6(5)13-7;8-6(9)5-2-1-3-7-4-5;6-5-4(8)1-3(7)2-9-5;1-3-5(6)7-4-2;;/h1-11H,(H2,21,25);1-8H;1-8H,(H,16,17);3-6H,2,12H2,1H3;1-4H,(H,11,12);1-3,11-12H,(H2,9,10);1-4,8-9H;1-2H,8H2;3H,1,4H2,2H3;2*1H4/b;;;4-3+;;;;;;;. The summed E-state index contributed by atoms with van der Waals surface area (Å²) in [6.07, 6.45) is 27.4. The minimum atomic E-state index is -1.50. The lowest BCUT2D eigenvalue weighted by atomic mass is 9.80. The van der Waals surface area contributed by atoms with Crippen LogP contribution in [0, 0.1) is 0 Å². The number of fused-ring (bicyclic) bond motifs is 6. The third-order valence-electron chi connectivity index (χ3n) is 16.4. The van der Waals surface area contributed by atoms with Gasteiger partial charge >= 0.3 is 26.2 Å². The van der Waals surface area contributed by atoms with E-state index in [1.165, 1.54) is 55.0 Å². The lowest BCUT2D eigenvalue weighted by molar-refractivity contribution is -0.138. The van der Waals surface area contributed by atoms with Crippen molar-refractivity contribution in [1.29, 1.82) is 0 Å². The van der Waals surface area contributed by atoms with Crippen molar-refractivity contribution in [3.05, 3.63) is 327 Å². The van der Waals surface area contributed by atoms with E-state index in [9.17, 15) is 19.2 Å². The Hall–Kier alpha value is -14.7. The molecule has 0 fully saturated rings. The van der Waals surface area contributed by atoms with Gasteiger partial charge < -0.3 is 71.3 Å². The maximum atomic E-state index is 11.2. The fraction of sp³-hybridized carbons (Fsp3) is 0.0682. The Morgan fingerprint density at radius 3 is 1.38 bits per heavy atom. The van der Waals surface area contributed by atoms with E-state index in [1.807, 2.05) is 110 Å². The van der Waals surface area contributed by atoms with Gasteiger partial charge in [0.25, 0.3) is 12.0 Å². The van der Waals surface area contributed by atoms with Crippen LogP contribution in [0.25, 0.3) is 117 Å². The molecule has 32 nitrogen and oxygen atoms in total. The third kappa shape index (κ3) is 30.1. The topological polar surface area (TPSA) is 510 Å². The number of ether oxygens (including phenoxy) is 2. The van der Waals surface area contributed by atoms with Crippen LogP contribution >= 0.6 is 62.3 Å². The molecule has 0 aliphatic carbocycles. The Morgan fingerprint density at radius 2 is 0.890 bits per heavy atom. The lowest BCUT2D eigenvalue weighted by Gasteiger charge is -2.05. The molecule has 16 heterocycles. The highest BCUT2D eigenvalue weighted by atomic mass is 79.9. The Labute approximate surface area is 754 Å². The molecule has 39 heteroatoms. The van der Waals surface area contributed by atoms with Crippen LogP contribution in [0.4, 0.5) is 23.4 Å². The molecule has 18 aromatic rings. The van der Waals surface area contributed by atoms with Gasteiger partial charge in [0.1, 0.15) is 20.8 Å². The molecule has 0 saturated carbocycles. The fourth-order valence-corrected chi connectivity index (χ4v) is 11.5. The van der Waals surface area contributed by atoms with Gasteiger partial charge in [-0.1, -0.05) is 98.2 Å². The number of carbonyl (C=O) groups is 2. The summed E-state index contributed by atoms with van der Waals surface area (Å²) in [5, 5.41) is 36.8. The quantitative estimate of drug-likeness (QED) is 0.0249. The monoisotopic (exact) mass is 1850 g/mol. The molecule has 16 aromatic heterocycles. The van der Waals surface area contributed by atoms with E-state index in [1.54, 1.807) is 118 Å². The number of benzene rings is 2. The van der Waals surface area contributed by atoms with Gasteiger partial charge in [0, 0.05) is 155 Å². The van der Waals surface area contributed by atoms with Crippen molar-refractivity contribution < 1.29 is 48.0 Å². The highest BCUT2D eigenvalue weighted by Gasteiger charge is 2.15. The Bertz CT molecular complexity index is 6850. The number of hydrogen-bond donors (Lipinski definition) is 10. The van der Waals surface area contributed by atoms with Gasteiger partial charge in [-0.05, 0) is 169 Å². The minimum absolute atomic E-state index is 0. The zero-order valence-electron chi connectivity index (χ0n) is 65.8. The lowest BCUT2D eigenvalue weighted by Crippen LogP contribution is -2.29. The number of halogens is 5. The van der Waals surface area contributed by atoms with E-state index in [4.69, 9.17) is 108 Å². The molecule has 0 radical (unpaired) electrons. The van der Waals surface area contributed by atoms with E-state index in [0.717, 1.165) is 89.3 Å². The Kier molecular flexibility index (Phi) is 37.7. The molecule has 0 atom stereocenters. The number of aromatic amines is 2. The van der Waals surface area contributed by atoms with Crippen LogP contribution in [0.15, 0.2) is 298 Å². The number of hydrogen-bond acceptors (Lipinski definition) is 30. The van der Waals surface area contributed by atoms with Gasteiger partial charge in [-0.2, -0.15) is 9.97 Å². The number of rotatable bonds is 11. The summed E-state index contributed by atoms with van der Waals surface area (Å²) in [4.78, 5) is 107. The molecule has 0 spiro atoms. The van der Waals surface area contributed by atoms with Crippen molar-refractivity contribution in [3.8, 4) is 44.6 Å². The molecular formula is C88H79B2BrCl4N20O12. The van der Waals surface area contributed by atoms with Gasteiger partial charge in [-0.25, -0.2) is 24.5 Å². The number of anilines is 4. The zero-order valence-corrected chi connectivity index (χ0v) is 70.4. The second-order valence-corrected chi connectivity index (χ2v) is 27.7. The van der Waals surface area contributed by atoms with Crippen molar-refractivity contribution in [2.45, 2.75) is 28.7 Å². The molecule has 127 heavy (non-hydrogen) atoms. The molecule has 0 saturated heterocycles. The number of nitrogens with zero attached hydrogens (tertiary/aromatic N) is 14. The van der Waals surface area contributed by atoms with Crippen LogP contribution in [-0.4, -0.2) is 139 Å². The normalized spacial score (nSPS) is 10.2. The largest absolute Gasteiger partial charge is 0.490 e. The molecular weight excluding hydrogens is 1770 g/mol. The van der Waals surface area contributed by atoms with Crippen molar-refractivity contribution >= 4 is 195 Å². The number of H-pyrrole nitrogens is 2. The average Bonchev–Trinajstić information content (AvgIpc) is 1.77. The highest BCUT2D eigenvalue weighted by molar-refractivity contribution is 9.10. The number of carbonyl (C=O) groups excluding carboxylic acids is 2. The summed E-state index contributed by atoms with van der Waals surface area (Å²) in [5.41, 5.74) is 40.3. The van der Waals surface area contributed by atoms with Crippen molar-refractivity contribution in [2.24, 2.45) is 0 Å². The maximum absolute atomic E-state index is 11.2. The van der Waals surface area contributed by atoms with Crippen LogP contribution in [0.2, 0.25) is 20.2 Å². The van der Waals surface area contributed by atoms with Gasteiger partial charge in [0.15, 0.2) is 11.2 Å². The first-order chi connectivity index (χ1) is 60.3. The summed E-state index contributed by atoms with van der Waals surface area (Å²) in [6.45, 7) is 7.45. The molecule has 0 unspecified atom stereocenters. The number of aromatic nitrogens is 16. The van der Waals surface area contributed by atoms with Crippen LogP contribution in [0.5, 0.6) is 0 Å². The number of oxazole rings is 2. The first kappa shape index (κ1) is 97.8. The van der Waals surface area contributed by atoms with E-state index in [2.05, 4.69) is 102 Å². The van der Waals surface area contributed by atoms with Crippen molar-refractivity contribution in [1.82, 2.24) is 79.7 Å². The first-order valence-corrected chi connectivity index (χ1v) is 39.2. The summed E-state index contributed by atoms with van der Waals surface area (Å²) < 4.78 is 20.1. The number of nitrogens with two attached hydrogens (primary N) is 4. The van der Waals surface area contributed by atoms with E-state index in [-0.39, 0.29) is 44.0 Å². The zero-order chi connectivity index (χ0) is 89.3. The Morgan fingerprint density at radius 1 is 0.441 bits per heavy atom. The molecule has 2 aromatic carbocycles. The third-order valence-corrected chi connectivity index (χ3v) is 17.9. The molecule has 0 aliphatic rings. The second kappa shape index (κ2) is 49.0. The predicted molar refractivity (Wildman–Crippen MR) is 504 cm³/mol. The predicted octanol–water partition coefficient (Wildman–Crippen LogP) is 14.8. The highest BCUT2D eigenvalue weighted by Crippen LogP contribution is 2.29. The van der Waals surface area contributed by atoms with Gasteiger partial charge in [0.2, 0.25) is 11.1 Å². The number of nitrogen functional groups attached to an aromatic ring is 4. The molecule has 0 amide bonds. The molecule has 644 valence electrons. The molecule has 0 bridgehead atoms. The number of nitrogens with one attached hydrogen (secondary N) is 2. The molecule has 0 aliphatic heterocycles. The first-order valence-electron chi connectivity index (χ1n) is 36.9. The molecule has 14 N–H and O–H groups in total. The van der Waals surface area contributed by atoms with Crippen molar-refractivity contribution in [2.75, 3.05) is 36.1 Å². The van der Waals surface area contributed by atoms with Crippen LogP contribution in [-0.2, 0) is 19.1 Å². The van der Waals surface area contributed by atoms with E-state index >= 15 is 0 Å². The Balaban J connectivity index is 0.000000181. The maximum Gasteiger partial charge on any atom is 0.490 e. The van der Waals surface area contributed by atoms with Gasteiger partial charge in [-0.15, -0.1) is 0 Å². The summed E-state index contributed by atoms with van der Waals surface area (Å²) >= 11 is 25.9. The van der Waals surface area contributed by atoms with Gasteiger partial charge in [0.05, 0.1) is 95.2 Å². The minimum Gasteiger partial charge on any atom is -0.463 e. The summed E-state index contributed by atoms with van der Waals surface area (Å²) in [5.74, 6) is -0.781. The SMILES string of the molecule is C.C.C=CC(=O)OCC.CCOC(=O)/C=C/c1ncc(Cl)cc1N.Clc1ccc2ncc(-c3cccnc3)cc2n1.Nc1cc(Cl)cnc1Br.Nc1nc2cc(-c3ccc4ncc(-c5cccnc5)cc4n3)ccc2o1.Nc1nc2cc(B(O)O)ccc2o1.O=c1ccc2ncc(-c3cccnc3)cc2[nH]1.O=c1ccc2ncc(Cl)cc2[nH]1.OB(O)c1cccnc1. The number of pyridine rings is 14. The molecule has 18 rings (SSSR count). The van der Waals surface area contributed by atoms with Crippen LogP contribution in [0.3, 0.4) is 0 Å². The van der Waals surface area contributed by atoms with Crippen LogP contribution < -0.4 is 45.0 Å². The smallest absolute Gasteiger partial charge is 0.463 e. The summed E-state index contributed by atoms with van der Waals surface area (Å²) in [7, 11) is -2.90. The number of esters is 2. The average molecular weight is 1850 g/mol. The van der Waals surface area contributed by atoms with Gasteiger partial charge in [-0.3, -0.25) is 54.4 Å². The van der Waals surface area contributed by atoms with Crippen molar-refractivity contribution in [3.63, 3.8) is 0 Å². The fourth-order valence-electron chi connectivity index (χ4n) is 10.6.